The van der Waals surface area contributed by atoms with Gasteiger partial charge in [0.15, 0.2) is 0 Å². The summed E-state index contributed by atoms with van der Waals surface area (Å²) in [6.07, 6.45) is 0.351. The Morgan fingerprint density at radius 3 is 1.96 bits per heavy atom. The molecular weight excluding hydrogens is 330 g/mol. The van der Waals surface area contributed by atoms with E-state index in [1.54, 1.807) is 26.0 Å². The van der Waals surface area contributed by atoms with Gasteiger partial charge in [-0.25, -0.2) is 9.59 Å². The second kappa shape index (κ2) is 8.11. The summed E-state index contributed by atoms with van der Waals surface area (Å²) in [5.74, 6) is -0.852. The normalized spacial score (nSPS) is 13.4. The number of carbonyl (C=O) groups is 2. The molecule has 0 aliphatic heterocycles. The number of nitrogens with zero attached hydrogens (tertiary/aromatic N) is 1. The third-order valence-electron chi connectivity index (χ3n) is 4.40. The number of carboxylic acids is 1. The van der Waals surface area contributed by atoms with Gasteiger partial charge >= 0.3 is 12.1 Å². The number of amides is 1. The van der Waals surface area contributed by atoms with Crippen LogP contribution in [0.4, 0.5) is 4.79 Å². The van der Waals surface area contributed by atoms with Crippen LogP contribution in [0.25, 0.3) is 0 Å². The van der Waals surface area contributed by atoms with Crippen molar-refractivity contribution in [2.45, 2.75) is 66.3 Å². The maximum atomic E-state index is 12.3. The fraction of sp³-hybridized carbons (Fsp3) is 0.619. The molecule has 0 aromatic heterocycles. The number of rotatable bonds is 6. The fourth-order valence-corrected chi connectivity index (χ4v) is 3.59. The van der Waals surface area contributed by atoms with Crippen LogP contribution in [-0.2, 0) is 10.2 Å². The van der Waals surface area contributed by atoms with Crippen molar-refractivity contribution in [3.63, 3.8) is 0 Å². The van der Waals surface area contributed by atoms with Crippen LogP contribution in [0.1, 0.15) is 60.5 Å². The first-order valence-electron chi connectivity index (χ1n) is 9.02. The minimum atomic E-state index is -1.04. The fourth-order valence-electron chi connectivity index (χ4n) is 3.59. The van der Waals surface area contributed by atoms with E-state index in [2.05, 4.69) is 34.6 Å². The highest BCUT2D eigenvalue weighted by Gasteiger charge is 2.31. The van der Waals surface area contributed by atoms with Crippen molar-refractivity contribution < 1.29 is 19.4 Å². The Balaban J connectivity index is 2.87. The van der Waals surface area contributed by atoms with Gasteiger partial charge in [0.25, 0.3) is 0 Å². The van der Waals surface area contributed by atoms with Crippen LogP contribution in [0.2, 0.25) is 0 Å². The van der Waals surface area contributed by atoms with Crippen molar-refractivity contribution in [2.75, 3.05) is 7.05 Å². The van der Waals surface area contributed by atoms with Crippen molar-refractivity contribution in [1.82, 2.24) is 4.90 Å². The average Bonchev–Trinajstić information content (AvgIpc) is 2.44. The van der Waals surface area contributed by atoms with E-state index in [4.69, 9.17) is 4.74 Å². The zero-order chi connectivity index (χ0) is 20.3. The number of likely N-dealkylation sites (N-methyl/N-ethyl adjacent to an activating group) is 1. The summed E-state index contributed by atoms with van der Waals surface area (Å²) in [6, 6.07) is 6.53. The number of hydrogen-bond acceptors (Lipinski definition) is 3. The van der Waals surface area contributed by atoms with Gasteiger partial charge in [-0.2, -0.15) is 0 Å². The monoisotopic (exact) mass is 363 g/mol. The molecule has 1 atom stereocenters. The first-order valence-corrected chi connectivity index (χ1v) is 9.02. The van der Waals surface area contributed by atoms with Gasteiger partial charge in [0, 0.05) is 7.05 Å². The number of carbonyl (C=O) groups excluding carboxylic acids is 1. The molecule has 0 radical (unpaired) electrons. The van der Waals surface area contributed by atoms with Gasteiger partial charge in [0.05, 0.1) is 0 Å². The minimum Gasteiger partial charge on any atom is -0.480 e. The van der Waals surface area contributed by atoms with E-state index in [9.17, 15) is 14.7 Å². The summed E-state index contributed by atoms with van der Waals surface area (Å²) in [5.41, 5.74) is 1.38. The highest BCUT2D eigenvalue weighted by Crippen LogP contribution is 2.36. The maximum Gasteiger partial charge on any atom is 0.415 e. The predicted octanol–water partition coefficient (Wildman–Crippen LogP) is 4.94. The summed E-state index contributed by atoms with van der Waals surface area (Å²) in [6.45, 7) is 14.6. The summed E-state index contributed by atoms with van der Waals surface area (Å²) in [7, 11) is 1.45. The topological polar surface area (TPSA) is 66.8 Å². The minimum absolute atomic E-state index is 0.00360. The molecule has 0 saturated carbocycles. The van der Waals surface area contributed by atoms with Gasteiger partial charge in [-0.05, 0) is 40.9 Å². The molecule has 0 aliphatic carbocycles. The molecule has 1 aromatic rings. The van der Waals surface area contributed by atoms with E-state index in [1.807, 2.05) is 12.1 Å². The first kappa shape index (κ1) is 22.0. The second-order valence-corrected chi connectivity index (χ2v) is 9.15. The van der Waals surface area contributed by atoms with E-state index in [0.29, 0.717) is 5.75 Å². The van der Waals surface area contributed by atoms with E-state index in [1.165, 1.54) is 12.6 Å². The molecule has 0 saturated heterocycles. The molecule has 1 amide bonds. The Kier molecular flexibility index (Phi) is 6.86. The lowest BCUT2D eigenvalue weighted by atomic mass is 9.72. The number of ether oxygens (including phenoxy) is 1. The summed E-state index contributed by atoms with van der Waals surface area (Å²) in [4.78, 5) is 24.8. The molecule has 0 aliphatic rings. The molecule has 0 spiro atoms. The zero-order valence-corrected chi connectivity index (χ0v) is 17.3. The van der Waals surface area contributed by atoms with Crippen LogP contribution in [0.3, 0.4) is 0 Å². The molecular formula is C21H33NO4. The van der Waals surface area contributed by atoms with Crippen molar-refractivity contribution in [3.8, 4) is 5.75 Å². The van der Waals surface area contributed by atoms with Crippen molar-refractivity contribution in [3.05, 3.63) is 29.8 Å². The maximum absolute atomic E-state index is 12.3. The van der Waals surface area contributed by atoms with Crippen LogP contribution < -0.4 is 4.74 Å². The van der Waals surface area contributed by atoms with Gasteiger partial charge in [0.1, 0.15) is 11.8 Å². The molecule has 26 heavy (non-hydrogen) atoms. The van der Waals surface area contributed by atoms with Gasteiger partial charge in [-0.1, -0.05) is 60.6 Å². The van der Waals surface area contributed by atoms with Crippen LogP contribution in [0, 0.1) is 11.3 Å². The first-order chi connectivity index (χ1) is 11.7. The predicted molar refractivity (Wildman–Crippen MR) is 104 cm³/mol. The Morgan fingerprint density at radius 1 is 1.08 bits per heavy atom. The molecule has 146 valence electrons. The third-order valence-corrected chi connectivity index (χ3v) is 4.40. The van der Waals surface area contributed by atoms with Crippen molar-refractivity contribution in [1.29, 1.82) is 0 Å². The average molecular weight is 363 g/mol. The van der Waals surface area contributed by atoms with Crippen LogP contribution >= 0.6 is 0 Å². The van der Waals surface area contributed by atoms with Crippen molar-refractivity contribution in [2.24, 2.45) is 11.3 Å². The molecule has 1 unspecified atom stereocenters. The largest absolute Gasteiger partial charge is 0.480 e. The van der Waals surface area contributed by atoms with Gasteiger partial charge in [0.2, 0.25) is 0 Å². The standard InChI is InChI=1S/C21H33NO4/c1-14(2)17(18(23)24)22(8)19(25)26-16-11-9-15(10-12-16)21(6,7)13-20(3,4)5/h9-12,14,17H,13H2,1-8H3,(H,23,24). The summed E-state index contributed by atoms with van der Waals surface area (Å²) in [5, 5.41) is 9.30. The number of aliphatic carboxylic acids is 1. The van der Waals surface area contributed by atoms with E-state index >= 15 is 0 Å². The molecule has 0 heterocycles. The number of benzene rings is 1. The smallest absolute Gasteiger partial charge is 0.415 e. The summed E-state index contributed by atoms with van der Waals surface area (Å²) < 4.78 is 5.35. The number of carboxylic acid groups (broad SMARTS) is 1. The lowest BCUT2D eigenvalue weighted by Crippen LogP contribution is -2.46. The van der Waals surface area contributed by atoms with Gasteiger partial charge < -0.3 is 9.84 Å². The molecule has 1 N–H and O–H groups in total. The molecule has 0 fully saturated rings. The molecule has 1 aromatic carbocycles. The number of hydrogen-bond donors (Lipinski definition) is 1. The zero-order valence-electron chi connectivity index (χ0n) is 17.3. The lowest BCUT2D eigenvalue weighted by Gasteiger charge is -2.33. The quantitative estimate of drug-likeness (QED) is 0.777. The van der Waals surface area contributed by atoms with Crippen molar-refractivity contribution >= 4 is 12.1 Å². The van der Waals surface area contributed by atoms with E-state index in [0.717, 1.165) is 11.3 Å². The highest BCUT2D eigenvalue weighted by atomic mass is 16.6. The Morgan fingerprint density at radius 2 is 1.58 bits per heavy atom. The Bertz CT molecular complexity index is 626. The Labute approximate surface area is 157 Å². The molecule has 0 bridgehead atoms. The van der Waals surface area contributed by atoms with Gasteiger partial charge in [-0.3, -0.25) is 4.90 Å². The van der Waals surface area contributed by atoms with Crippen LogP contribution in [-0.4, -0.2) is 35.2 Å². The second-order valence-electron chi connectivity index (χ2n) is 9.15. The Hall–Kier alpha value is -2.04. The van der Waals surface area contributed by atoms with Crippen LogP contribution in [0.5, 0.6) is 5.75 Å². The lowest BCUT2D eigenvalue weighted by molar-refractivity contribution is -0.143. The third kappa shape index (κ3) is 6.04. The summed E-state index contributed by atoms with van der Waals surface area (Å²) >= 11 is 0. The molecule has 5 nitrogen and oxygen atoms in total. The molecule has 1 rings (SSSR count). The van der Waals surface area contributed by atoms with Crippen LogP contribution in [0.15, 0.2) is 24.3 Å². The van der Waals surface area contributed by atoms with Gasteiger partial charge in [-0.15, -0.1) is 0 Å². The molecule has 5 heteroatoms. The SMILES string of the molecule is CC(C)C(C(=O)O)N(C)C(=O)Oc1ccc(C(C)(C)CC(C)(C)C)cc1. The highest BCUT2D eigenvalue weighted by molar-refractivity contribution is 5.81. The van der Waals surface area contributed by atoms with E-state index < -0.39 is 18.1 Å². The van der Waals surface area contributed by atoms with E-state index in [-0.39, 0.29) is 16.7 Å².